The monoisotopic (exact) mass is 487 g/mol. The maximum Gasteiger partial charge on any atom is 0.242 e. The Morgan fingerprint density at radius 3 is 2.26 bits per heavy atom. The average molecular weight is 488 g/mol. The maximum atomic E-state index is 13.3. The molecule has 0 bridgehead atoms. The summed E-state index contributed by atoms with van der Waals surface area (Å²) in [6, 6.07) is 14.4. The van der Waals surface area contributed by atoms with Crippen molar-refractivity contribution in [2.45, 2.75) is 66.1 Å². The Labute approximate surface area is 204 Å². The van der Waals surface area contributed by atoms with Crippen molar-refractivity contribution in [2.24, 2.45) is 0 Å². The summed E-state index contributed by atoms with van der Waals surface area (Å²) in [4.78, 5) is 27.6. The van der Waals surface area contributed by atoms with E-state index in [1.165, 1.54) is 10.6 Å². The van der Waals surface area contributed by atoms with Gasteiger partial charge in [-0.1, -0.05) is 36.4 Å². The summed E-state index contributed by atoms with van der Waals surface area (Å²) >= 11 is 0. The molecule has 0 spiro atoms. The molecule has 34 heavy (non-hydrogen) atoms. The van der Waals surface area contributed by atoms with Crippen LogP contribution in [-0.2, 0) is 26.2 Å². The van der Waals surface area contributed by atoms with Crippen LogP contribution in [0.5, 0.6) is 0 Å². The molecule has 0 saturated heterocycles. The maximum absolute atomic E-state index is 13.3. The minimum Gasteiger partial charge on any atom is -0.352 e. The van der Waals surface area contributed by atoms with Crippen molar-refractivity contribution in [3.8, 4) is 0 Å². The Hall–Kier alpha value is -2.87. The zero-order chi connectivity index (χ0) is 25.5. The van der Waals surface area contributed by atoms with Gasteiger partial charge in [0, 0.05) is 25.6 Å². The van der Waals surface area contributed by atoms with Crippen LogP contribution in [0.2, 0.25) is 0 Å². The number of anilines is 1. The number of benzene rings is 2. The van der Waals surface area contributed by atoms with Crippen molar-refractivity contribution in [3.05, 3.63) is 65.2 Å². The molecular weight excluding hydrogens is 450 g/mol. The number of amides is 2. The fraction of sp³-hybridized carbons (Fsp3) is 0.462. The zero-order valence-corrected chi connectivity index (χ0v) is 21.9. The molecular formula is C26H37N3O4S. The van der Waals surface area contributed by atoms with Crippen LogP contribution in [0, 0.1) is 13.8 Å². The third kappa shape index (κ3) is 7.87. The summed E-state index contributed by atoms with van der Waals surface area (Å²) < 4.78 is 26.1. The van der Waals surface area contributed by atoms with Gasteiger partial charge in [-0.3, -0.25) is 13.9 Å². The number of nitrogens with one attached hydrogen (secondary N) is 1. The minimum absolute atomic E-state index is 0.0389. The first-order valence-corrected chi connectivity index (χ1v) is 13.4. The molecule has 2 amide bonds. The van der Waals surface area contributed by atoms with Crippen molar-refractivity contribution >= 4 is 27.5 Å². The third-order valence-electron chi connectivity index (χ3n) is 5.64. The molecule has 1 atom stereocenters. The lowest BCUT2D eigenvalue weighted by Gasteiger charge is -2.30. The van der Waals surface area contributed by atoms with Gasteiger partial charge in [-0.15, -0.1) is 0 Å². The Kier molecular flexibility index (Phi) is 9.67. The summed E-state index contributed by atoms with van der Waals surface area (Å²) in [5, 5.41) is 2.88. The molecule has 1 N–H and O–H groups in total. The molecule has 186 valence electrons. The largest absolute Gasteiger partial charge is 0.352 e. The smallest absolute Gasteiger partial charge is 0.242 e. The molecule has 7 nitrogen and oxygen atoms in total. The van der Waals surface area contributed by atoms with Crippen molar-refractivity contribution in [3.63, 3.8) is 0 Å². The molecule has 0 aromatic heterocycles. The molecule has 2 aromatic rings. The molecule has 8 heteroatoms. The van der Waals surface area contributed by atoms with Crippen molar-refractivity contribution in [1.82, 2.24) is 10.2 Å². The number of carbonyl (C=O) groups is 2. The highest BCUT2D eigenvalue weighted by Gasteiger charge is 2.27. The second-order valence-corrected chi connectivity index (χ2v) is 11.0. The molecule has 0 fully saturated rings. The summed E-state index contributed by atoms with van der Waals surface area (Å²) in [5.41, 5.74) is 3.55. The van der Waals surface area contributed by atoms with Gasteiger partial charge >= 0.3 is 0 Å². The number of sulfonamides is 1. The molecule has 0 aliphatic carbocycles. The van der Waals surface area contributed by atoms with Crippen LogP contribution in [0.15, 0.2) is 48.5 Å². The second kappa shape index (κ2) is 12.0. The Bertz CT molecular complexity index is 1100. The standard InChI is InChI=1S/C26H37N3O4S/c1-19(2)27-26(31)22(5)28(18-23-13-8-7-12-21(23)4)25(30)15-10-16-29(34(6,32)33)24-14-9-11-20(3)17-24/h7-9,11-14,17,19,22H,10,15-16,18H2,1-6H3,(H,27,31). The van der Waals surface area contributed by atoms with Crippen LogP contribution in [0.4, 0.5) is 5.69 Å². The van der Waals surface area contributed by atoms with Gasteiger partial charge in [0.15, 0.2) is 0 Å². The summed E-state index contributed by atoms with van der Waals surface area (Å²) in [6.07, 6.45) is 1.63. The van der Waals surface area contributed by atoms with Crippen molar-refractivity contribution in [1.29, 1.82) is 0 Å². The fourth-order valence-electron chi connectivity index (χ4n) is 3.75. The van der Waals surface area contributed by atoms with Crippen molar-refractivity contribution < 1.29 is 18.0 Å². The Balaban J connectivity index is 2.18. The van der Waals surface area contributed by atoms with Crippen LogP contribution in [0.25, 0.3) is 0 Å². The third-order valence-corrected chi connectivity index (χ3v) is 6.84. The van der Waals surface area contributed by atoms with Crippen molar-refractivity contribution in [2.75, 3.05) is 17.1 Å². The first kappa shape index (κ1) is 27.4. The highest BCUT2D eigenvalue weighted by atomic mass is 32.2. The number of hydrogen-bond acceptors (Lipinski definition) is 4. The molecule has 2 aromatic carbocycles. The number of rotatable bonds is 11. The van der Waals surface area contributed by atoms with Gasteiger partial charge in [0.2, 0.25) is 21.8 Å². The molecule has 0 radical (unpaired) electrons. The van der Waals surface area contributed by atoms with Crippen LogP contribution in [-0.4, -0.2) is 50.0 Å². The van der Waals surface area contributed by atoms with Gasteiger partial charge in [-0.25, -0.2) is 8.42 Å². The molecule has 2 rings (SSSR count). The lowest BCUT2D eigenvalue weighted by atomic mass is 10.1. The van der Waals surface area contributed by atoms with E-state index in [4.69, 9.17) is 0 Å². The van der Waals surface area contributed by atoms with E-state index in [0.717, 1.165) is 16.7 Å². The highest BCUT2D eigenvalue weighted by molar-refractivity contribution is 7.92. The van der Waals surface area contributed by atoms with E-state index >= 15 is 0 Å². The van der Waals surface area contributed by atoms with Gasteiger partial charge in [0.05, 0.1) is 11.9 Å². The minimum atomic E-state index is -3.51. The number of hydrogen-bond donors (Lipinski definition) is 1. The van der Waals surface area contributed by atoms with E-state index in [1.54, 1.807) is 17.9 Å². The summed E-state index contributed by atoms with van der Waals surface area (Å²) in [5.74, 6) is -0.401. The average Bonchev–Trinajstić information content (AvgIpc) is 2.74. The highest BCUT2D eigenvalue weighted by Crippen LogP contribution is 2.20. The lowest BCUT2D eigenvalue weighted by molar-refractivity contribution is -0.140. The number of carbonyl (C=O) groups excluding carboxylic acids is 2. The first-order valence-electron chi connectivity index (χ1n) is 11.6. The predicted octanol–water partition coefficient (Wildman–Crippen LogP) is 3.79. The SMILES string of the molecule is Cc1cccc(N(CCCC(=O)N(Cc2ccccc2C)C(C)C(=O)NC(C)C)S(C)(=O)=O)c1. The van der Waals surface area contributed by atoms with E-state index in [1.807, 2.05) is 70.2 Å². The van der Waals surface area contributed by atoms with E-state index in [2.05, 4.69) is 5.32 Å². The fourth-order valence-corrected chi connectivity index (χ4v) is 4.70. The van der Waals surface area contributed by atoms with E-state index in [-0.39, 0.29) is 30.8 Å². The van der Waals surface area contributed by atoms with Crippen LogP contribution < -0.4 is 9.62 Å². The molecule has 1 unspecified atom stereocenters. The zero-order valence-electron chi connectivity index (χ0n) is 21.0. The van der Waals surface area contributed by atoms with Gasteiger partial charge in [0.1, 0.15) is 6.04 Å². The number of aryl methyl sites for hydroxylation is 2. The van der Waals surface area contributed by atoms with Crippen LogP contribution >= 0.6 is 0 Å². The quantitative estimate of drug-likeness (QED) is 0.522. The Morgan fingerprint density at radius 1 is 1.00 bits per heavy atom. The van der Waals surface area contributed by atoms with Gasteiger partial charge < -0.3 is 10.2 Å². The van der Waals surface area contributed by atoms with Gasteiger partial charge in [-0.2, -0.15) is 0 Å². The normalized spacial score (nSPS) is 12.3. The summed E-state index contributed by atoms with van der Waals surface area (Å²) in [7, 11) is -3.51. The number of nitrogens with zero attached hydrogens (tertiary/aromatic N) is 2. The lowest BCUT2D eigenvalue weighted by Crippen LogP contribution is -2.49. The van der Waals surface area contributed by atoms with Crippen LogP contribution in [0.1, 0.15) is 50.3 Å². The Morgan fingerprint density at radius 2 is 1.68 bits per heavy atom. The first-order chi connectivity index (χ1) is 15.9. The van der Waals surface area contributed by atoms with Gasteiger partial charge in [-0.05, 0) is 69.9 Å². The van der Waals surface area contributed by atoms with Gasteiger partial charge in [0.25, 0.3) is 0 Å². The van der Waals surface area contributed by atoms with E-state index in [9.17, 15) is 18.0 Å². The molecule has 0 heterocycles. The predicted molar refractivity (Wildman–Crippen MR) is 137 cm³/mol. The van der Waals surface area contributed by atoms with E-state index < -0.39 is 16.1 Å². The molecule has 0 aliphatic heterocycles. The topological polar surface area (TPSA) is 86.8 Å². The van der Waals surface area contributed by atoms with Crippen LogP contribution in [0.3, 0.4) is 0 Å². The van der Waals surface area contributed by atoms with E-state index in [0.29, 0.717) is 18.7 Å². The molecule has 0 aliphatic rings. The second-order valence-electron chi connectivity index (χ2n) is 9.07. The molecule has 0 saturated carbocycles. The summed E-state index contributed by atoms with van der Waals surface area (Å²) in [6.45, 7) is 9.85.